The monoisotopic (exact) mass is 409 g/mol. The molecule has 160 valence electrons. The van der Waals surface area contributed by atoms with E-state index in [0.29, 0.717) is 18.0 Å². The maximum Gasteiger partial charge on any atom is 0.416 e. The van der Waals surface area contributed by atoms with Crippen LogP contribution < -0.4 is 21.7 Å². The standard InChI is InChI=1S/C21H30F3N5/c1-13-2-3-15(8-18(13)21(22,23)24)19-27-11-17(16-4-6-26-10-16)20(28-19)29-7-5-14(9-25)12-29/h2-4,8,14,17,19-20,26-28H,5-7,9-12,25H2,1H3. The summed E-state index contributed by atoms with van der Waals surface area (Å²) in [5.41, 5.74) is 7.56. The number of rotatable bonds is 4. The summed E-state index contributed by atoms with van der Waals surface area (Å²) in [6.07, 6.45) is -1.27. The van der Waals surface area contributed by atoms with Gasteiger partial charge in [-0.15, -0.1) is 0 Å². The molecule has 0 amide bonds. The molecule has 2 fully saturated rings. The Hall–Kier alpha value is -1.45. The van der Waals surface area contributed by atoms with Crippen LogP contribution in [0.25, 0.3) is 0 Å². The van der Waals surface area contributed by atoms with Crippen LogP contribution in [0.2, 0.25) is 0 Å². The Bertz CT molecular complexity index is 763. The summed E-state index contributed by atoms with van der Waals surface area (Å²) < 4.78 is 40.2. The van der Waals surface area contributed by atoms with Crippen LogP contribution in [0.5, 0.6) is 0 Å². The molecule has 1 aromatic rings. The number of nitrogens with one attached hydrogen (secondary N) is 3. The average Bonchev–Trinajstić information content (AvgIpc) is 3.39. The summed E-state index contributed by atoms with van der Waals surface area (Å²) in [6, 6.07) is 4.63. The van der Waals surface area contributed by atoms with Gasteiger partial charge >= 0.3 is 6.18 Å². The molecule has 29 heavy (non-hydrogen) atoms. The van der Waals surface area contributed by atoms with Crippen molar-refractivity contribution in [2.45, 2.75) is 31.9 Å². The first-order valence-electron chi connectivity index (χ1n) is 10.4. The van der Waals surface area contributed by atoms with Gasteiger partial charge in [0.1, 0.15) is 0 Å². The zero-order valence-corrected chi connectivity index (χ0v) is 16.7. The lowest BCUT2D eigenvalue weighted by Crippen LogP contribution is -2.60. The van der Waals surface area contributed by atoms with Gasteiger partial charge in [0, 0.05) is 38.6 Å². The predicted molar refractivity (Wildman–Crippen MR) is 107 cm³/mol. The Balaban J connectivity index is 1.58. The number of hydrogen-bond acceptors (Lipinski definition) is 5. The van der Waals surface area contributed by atoms with Crippen LogP contribution in [0.4, 0.5) is 13.2 Å². The summed E-state index contributed by atoms with van der Waals surface area (Å²) in [4.78, 5) is 2.42. The van der Waals surface area contributed by atoms with Crippen LogP contribution >= 0.6 is 0 Å². The zero-order chi connectivity index (χ0) is 20.6. The molecule has 8 heteroatoms. The van der Waals surface area contributed by atoms with E-state index in [1.165, 1.54) is 18.6 Å². The van der Waals surface area contributed by atoms with Crippen LogP contribution in [-0.2, 0) is 6.18 Å². The third-order valence-electron chi connectivity index (χ3n) is 6.52. The molecule has 1 aromatic carbocycles. The van der Waals surface area contributed by atoms with Gasteiger partial charge in [0.15, 0.2) is 0 Å². The van der Waals surface area contributed by atoms with Crippen molar-refractivity contribution in [2.75, 3.05) is 39.3 Å². The van der Waals surface area contributed by atoms with Crippen molar-refractivity contribution in [1.82, 2.24) is 20.9 Å². The molecule has 0 radical (unpaired) electrons. The molecular formula is C21H30F3N5. The Morgan fingerprint density at radius 1 is 1.28 bits per heavy atom. The fourth-order valence-electron chi connectivity index (χ4n) is 4.82. The summed E-state index contributed by atoms with van der Waals surface area (Å²) in [6.45, 7) is 6.54. The first-order chi connectivity index (χ1) is 13.9. The Morgan fingerprint density at radius 2 is 2.10 bits per heavy atom. The molecule has 0 bridgehead atoms. The van der Waals surface area contributed by atoms with E-state index in [0.717, 1.165) is 39.1 Å². The number of halogens is 3. The molecule has 4 unspecified atom stereocenters. The minimum absolute atomic E-state index is 0.0830. The van der Waals surface area contributed by atoms with Crippen LogP contribution in [0.3, 0.4) is 0 Å². The fourth-order valence-corrected chi connectivity index (χ4v) is 4.82. The molecule has 0 aromatic heterocycles. The highest BCUT2D eigenvalue weighted by Crippen LogP contribution is 2.35. The Labute approximate surface area is 169 Å². The van der Waals surface area contributed by atoms with E-state index in [9.17, 15) is 13.2 Å². The maximum atomic E-state index is 13.4. The van der Waals surface area contributed by atoms with Crippen LogP contribution in [0, 0.1) is 18.8 Å². The minimum atomic E-state index is -4.35. The van der Waals surface area contributed by atoms with Gasteiger partial charge in [-0.1, -0.05) is 23.8 Å². The molecule has 3 aliphatic rings. The van der Waals surface area contributed by atoms with Crippen molar-refractivity contribution in [2.24, 2.45) is 17.6 Å². The van der Waals surface area contributed by atoms with E-state index in [1.807, 2.05) is 0 Å². The molecule has 4 rings (SSSR count). The van der Waals surface area contributed by atoms with Gasteiger partial charge in [0.05, 0.1) is 17.9 Å². The zero-order valence-electron chi connectivity index (χ0n) is 16.7. The van der Waals surface area contributed by atoms with Gasteiger partial charge < -0.3 is 11.1 Å². The van der Waals surface area contributed by atoms with E-state index >= 15 is 0 Å². The molecule has 5 nitrogen and oxygen atoms in total. The van der Waals surface area contributed by atoms with Crippen molar-refractivity contribution in [1.29, 1.82) is 0 Å². The van der Waals surface area contributed by atoms with Gasteiger partial charge in [0.25, 0.3) is 0 Å². The van der Waals surface area contributed by atoms with E-state index in [1.54, 1.807) is 12.1 Å². The summed E-state index contributed by atoms with van der Waals surface area (Å²) >= 11 is 0. The second kappa shape index (κ2) is 8.35. The van der Waals surface area contributed by atoms with Gasteiger partial charge in [-0.25, -0.2) is 0 Å². The number of hydrogen-bond donors (Lipinski definition) is 4. The SMILES string of the molecule is Cc1ccc(C2NCC(C3=CCNC3)C(N3CCC(CN)C3)N2)cc1C(F)(F)F. The molecule has 0 saturated carbocycles. The normalized spacial score (nSPS) is 31.3. The topological polar surface area (TPSA) is 65.3 Å². The lowest BCUT2D eigenvalue weighted by atomic mass is 9.91. The van der Waals surface area contributed by atoms with Crippen LogP contribution in [0.15, 0.2) is 29.8 Å². The quantitative estimate of drug-likeness (QED) is 0.573. The number of likely N-dealkylation sites (tertiary alicyclic amines) is 1. The van der Waals surface area contributed by atoms with Crippen molar-refractivity contribution < 1.29 is 13.2 Å². The smallest absolute Gasteiger partial charge is 0.330 e. The second-order valence-corrected chi connectivity index (χ2v) is 8.43. The summed E-state index contributed by atoms with van der Waals surface area (Å²) in [5.74, 6) is 0.767. The average molecular weight is 410 g/mol. The van der Waals surface area contributed by atoms with Gasteiger partial charge in [-0.2, -0.15) is 13.2 Å². The van der Waals surface area contributed by atoms with Crippen LogP contribution in [-0.4, -0.2) is 50.3 Å². The Kier molecular flexibility index (Phi) is 5.99. The van der Waals surface area contributed by atoms with E-state index in [4.69, 9.17) is 5.73 Å². The number of alkyl halides is 3. The van der Waals surface area contributed by atoms with Crippen molar-refractivity contribution in [3.8, 4) is 0 Å². The predicted octanol–water partition coefficient (Wildman–Crippen LogP) is 1.96. The highest BCUT2D eigenvalue weighted by molar-refractivity contribution is 5.35. The highest BCUT2D eigenvalue weighted by Gasteiger charge is 2.40. The summed E-state index contributed by atoms with van der Waals surface area (Å²) in [7, 11) is 0. The van der Waals surface area contributed by atoms with Gasteiger partial charge in [0.2, 0.25) is 0 Å². The molecule has 3 heterocycles. The number of benzene rings is 1. The summed E-state index contributed by atoms with van der Waals surface area (Å²) in [5, 5.41) is 10.4. The van der Waals surface area contributed by atoms with Gasteiger partial charge in [-0.3, -0.25) is 15.5 Å². The molecule has 5 N–H and O–H groups in total. The van der Waals surface area contributed by atoms with E-state index in [2.05, 4.69) is 26.9 Å². The van der Waals surface area contributed by atoms with Crippen molar-refractivity contribution in [3.63, 3.8) is 0 Å². The highest BCUT2D eigenvalue weighted by atomic mass is 19.4. The van der Waals surface area contributed by atoms with E-state index < -0.39 is 11.7 Å². The first kappa shape index (κ1) is 20.8. The molecule has 4 atom stereocenters. The fraction of sp³-hybridized carbons (Fsp3) is 0.619. The number of nitrogens with zero attached hydrogens (tertiary/aromatic N) is 1. The van der Waals surface area contributed by atoms with Gasteiger partial charge in [-0.05, 0) is 43.0 Å². The van der Waals surface area contributed by atoms with Crippen molar-refractivity contribution in [3.05, 3.63) is 46.5 Å². The second-order valence-electron chi connectivity index (χ2n) is 8.43. The van der Waals surface area contributed by atoms with Crippen LogP contribution in [0.1, 0.15) is 29.3 Å². The lowest BCUT2D eigenvalue weighted by Gasteiger charge is -2.44. The third kappa shape index (κ3) is 4.36. The molecule has 2 saturated heterocycles. The van der Waals surface area contributed by atoms with E-state index in [-0.39, 0.29) is 23.8 Å². The largest absolute Gasteiger partial charge is 0.416 e. The lowest BCUT2D eigenvalue weighted by molar-refractivity contribution is -0.138. The Morgan fingerprint density at radius 3 is 2.76 bits per heavy atom. The molecular weight excluding hydrogens is 379 g/mol. The number of nitrogens with two attached hydrogens (primary N) is 1. The first-order valence-corrected chi connectivity index (χ1v) is 10.4. The third-order valence-corrected chi connectivity index (χ3v) is 6.52. The molecule has 3 aliphatic heterocycles. The number of aryl methyl sites for hydroxylation is 1. The minimum Gasteiger partial charge on any atom is -0.330 e. The maximum absolute atomic E-state index is 13.4. The molecule has 0 spiro atoms. The molecule has 0 aliphatic carbocycles. The van der Waals surface area contributed by atoms with Crippen molar-refractivity contribution >= 4 is 0 Å².